The molecule has 0 fully saturated rings. The van der Waals surface area contributed by atoms with Crippen LogP contribution in [0.15, 0.2) is 36.4 Å². The number of amides is 4. The maximum Gasteiger partial charge on any atom is 0.328 e. The molecule has 80 valence electrons. The smallest absolute Gasteiger partial charge is 0.328 e. The Labute approximate surface area is 91.1 Å². The van der Waals surface area contributed by atoms with Crippen molar-refractivity contribution in [3.05, 3.63) is 42.0 Å². The van der Waals surface area contributed by atoms with Gasteiger partial charge in [-0.25, -0.2) is 4.79 Å². The summed E-state index contributed by atoms with van der Waals surface area (Å²) in [5.74, 6) is -1.37. The minimum atomic E-state index is -1.06. The third-order valence-corrected chi connectivity index (χ3v) is 2.23. The van der Waals surface area contributed by atoms with E-state index in [-0.39, 0.29) is 5.57 Å². The molecule has 1 aromatic rings. The minimum Gasteiger partial charge on any atom is -0.351 e. The van der Waals surface area contributed by atoms with Crippen molar-refractivity contribution in [1.29, 1.82) is 0 Å². The molecular weight excluding hydrogens is 208 g/mol. The molecule has 5 nitrogen and oxygen atoms in total. The third kappa shape index (κ3) is 1.48. The Hall–Kier alpha value is -2.43. The van der Waals surface area contributed by atoms with E-state index in [1.807, 2.05) is 0 Å². The number of hydrogen-bond donors (Lipinski definition) is 1. The first-order valence-corrected chi connectivity index (χ1v) is 4.56. The van der Waals surface area contributed by atoms with E-state index in [9.17, 15) is 14.4 Å². The quantitative estimate of drug-likeness (QED) is 0.695. The van der Waals surface area contributed by atoms with E-state index in [0.29, 0.717) is 10.5 Å². The number of rotatable bonds is 1. The average Bonchev–Trinajstić information content (AvgIpc) is 2.55. The maximum absolute atomic E-state index is 11.7. The van der Waals surface area contributed by atoms with Gasteiger partial charge in [-0.1, -0.05) is 30.3 Å². The molecule has 2 rings (SSSR count). The van der Waals surface area contributed by atoms with Gasteiger partial charge in [0.2, 0.25) is 0 Å². The van der Waals surface area contributed by atoms with E-state index < -0.39 is 17.8 Å². The lowest BCUT2D eigenvalue weighted by molar-refractivity contribution is -0.132. The molecule has 16 heavy (non-hydrogen) atoms. The first kappa shape index (κ1) is 10.1. The molecule has 1 aliphatic heterocycles. The average molecular weight is 216 g/mol. The van der Waals surface area contributed by atoms with Crippen LogP contribution in [0.2, 0.25) is 0 Å². The lowest BCUT2D eigenvalue weighted by atomic mass is 10.1. The zero-order valence-electron chi connectivity index (χ0n) is 8.21. The van der Waals surface area contributed by atoms with Gasteiger partial charge in [0, 0.05) is 6.08 Å². The van der Waals surface area contributed by atoms with E-state index in [4.69, 9.17) is 5.73 Å². The molecule has 5 heteroatoms. The normalized spacial score (nSPS) is 15.2. The summed E-state index contributed by atoms with van der Waals surface area (Å²) in [6.45, 7) is 0. The number of nitrogens with zero attached hydrogens (tertiary/aromatic N) is 1. The maximum atomic E-state index is 11.7. The number of hydrogen-bond acceptors (Lipinski definition) is 3. The Morgan fingerprint density at radius 3 is 2.25 bits per heavy atom. The summed E-state index contributed by atoms with van der Waals surface area (Å²) in [4.78, 5) is 34.3. The third-order valence-electron chi connectivity index (χ3n) is 2.23. The van der Waals surface area contributed by atoms with Gasteiger partial charge in [0.15, 0.2) is 0 Å². The van der Waals surface area contributed by atoms with Crippen molar-refractivity contribution >= 4 is 23.4 Å². The molecule has 0 unspecified atom stereocenters. The van der Waals surface area contributed by atoms with Crippen molar-refractivity contribution in [3.8, 4) is 0 Å². The van der Waals surface area contributed by atoms with Gasteiger partial charge in [0.1, 0.15) is 0 Å². The van der Waals surface area contributed by atoms with Gasteiger partial charge in [0.25, 0.3) is 11.8 Å². The van der Waals surface area contributed by atoms with Crippen molar-refractivity contribution in [2.24, 2.45) is 5.73 Å². The number of carbonyl (C=O) groups excluding carboxylic acids is 3. The van der Waals surface area contributed by atoms with Crippen molar-refractivity contribution in [2.75, 3.05) is 0 Å². The van der Waals surface area contributed by atoms with Crippen LogP contribution in [-0.2, 0) is 9.59 Å². The second-order valence-electron chi connectivity index (χ2n) is 3.24. The molecule has 0 spiro atoms. The number of urea groups is 1. The standard InChI is InChI=1S/C11H8N2O3/c12-11(16)13-9(14)6-8(10(13)15)7-4-2-1-3-5-7/h1-6H,(H2,12,16). The van der Waals surface area contributed by atoms with Crippen LogP contribution in [0.3, 0.4) is 0 Å². The van der Waals surface area contributed by atoms with Gasteiger partial charge in [-0.05, 0) is 5.56 Å². The highest BCUT2D eigenvalue weighted by atomic mass is 16.2. The van der Waals surface area contributed by atoms with Crippen LogP contribution in [0.1, 0.15) is 5.56 Å². The molecule has 1 aromatic carbocycles. The summed E-state index contributed by atoms with van der Waals surface area (Å²) in [5.41, 5.74) is 5.70. The molecule has 0 aliphatic carbocycles. The zero-order valence-corrected chi connectivity index (χ0v) is 8.21. The minimum absolute atomic E-state index is 0.185. The molecule has 4 amide bonds. The highest BCUT2D eigenvalue weighted by Gasteiger charge is 2.35. The Morgan fingerprint density at radius 1 is 1.12 bits per heavy atom. The van der Waals surface area contributed by atoms with E-state index in [2.05, 4.69) is 0 Å². The van der Waals surface area contributed by atoms with Gasteiger partial charge in [0.05, 0.1) is 5.57 Å². The fraction of sp³-hybridized carbons (Fsp3) is 0. The molecule has 0 saturated carbocycles. The number of imide groups is 3. The number of carbonyl (C=O) groups is 3. The second kappa shape index (κ2) is 3.62. The highest BCUT2D eigenvalue weighted by molar-refractivity contribution is 6.38. The summed E-state index contributed by atoms with van der Waals surface area (Å²) in [5, 5.41) is 0. The number of benzene rings is 1. The van der Waals surface area contributed by atoms with Crippen LogP contribution in [0.5, 0.6) is 0 Å². The fourth-order valence-electron chi connectivity index (χ4n) is 1.50. The largest absolute Gasteiger partial charge is 0.351 e. The molecular formula is C11H8N2O3. The molecule has 0 bridgehead atoms. The fourth-order valence-corrected chi connectivity index (χ4v) is 1.50. The second-order valence-corrected chi connectivity index (χ2v) is 3.24. The number of nitrogens with two attached hydrogens (primary N) is 1. The Bertz CT molecular complexity index is 505. The van der Waals surface area contributed by atoms with Crippen molar-refractivity contribution in [3.63, 3.8) is 0 Å². The van der Waals surface area contributed by atoms with Gasteiger partial charge >= 0.3 is 6.03 Å². The summed E-state index contributed by atoms with van der Waals surface area (Å²) in [6.07, 6.45) is 1.11. The molecule has 2 N–H and O–H groups in total. The molecule has 0 radical (unpaired) electrons. The van der Waals surface area contributed by atoms with E-state index in [1.165, 1.54) is 0 Å². The summed E-state index contributed by atoms with van der Waals surface area (Å²) < 4.78 is 0. The molecule has 1 heterocycles. The summed E-state index contributed by atoms with van der Waals surface area (Å²) >= 11 is 0. The Kier molecular flexibility index (Phi) is 2.28. The van der Waals surface area contributed by atoms with Gasteiger partial charge in [-0.15, -0.1) is 0 Å². The van der Waals surface area contributed by atoms with Gasteiger partial charge < -0.3 is 5.73 Å². The van der Waals surface area contributed by atoms with Crippen LogP contribution in [0.25, 0.3) is 5.57 Å². The van der Waals surface area contributed by atoms with Crippen molar-refractivity contribution < 1.29 is 14.4 Å². The first-order valence-electron chi connectivity index (χ1n) is 4.56. The lowest BCUT2D eigenvalue weighted by Gasteiger charge is -2.08. The summed E-state index contributed by atoms with van der Waals surface area (Å²) in [7, 11) is 0. The summed E-state index contributed by atoms with van der Waals surface area (Å²) in [6, 6.07) is 7.57. The Morgan fingerprint density at radius 2 is 1.75 bits per heavy atom. The van der Waals surface area contributed by atoms with Crippen LogP contribution in [0, 0.1) is 0 Å². The van der Waals surface area contributed by atoms with Gasteiger partial charge in [-0.3, -0.25) is 9.59 Å². The van der Waals surface area contributed by atoms with E-state index in [1.54, 1.807) is 30.3 Å². The van der Waals surface area contributed by atoms with Crippen LogP contribution in [-0.4, -0.2) is 22.7 Å². The highest BCUT2D eigenvalue weighted by Crippen LogP contribution is 2.22. The van der Waals surface area contributed by atoms with Crippen LogP contribution < -0.4 is 5.73 Å². The SMILES string of the molecule is NC(=O)N1C(=O)C=C(c2ccccc2)C1=O. The van der Waals surface area contributed by atoms with Crippen molar-refractivity contribution in [2.45, 2.75) is 0 Å². The van der Waals surface area contributed by atoms with Gasteiger partial charge in [-0.2, -0.15) is 4.90 Å². The number of primary amides is 1. The predicted octanol–water partition coefficient (Wildman–Crippen LogP) is 0.518. The Balaban J connectivity index is 2.40. The zero-order chi connectivity index (χ0) is 11.7. The lowest BCUT2D eigenvalue weighted by Crippen LogP contribution is -2.40. The molecule has 1 aliphatic rings. The predicted molar refractivity (Wildman–Crippen MR) is 55.9 cm³/mol. The van der Waals surface area contributed by atoms with E-state index >= 15 is 0 Å². The van der Waals surface area contributed by atoms with Crippen LogP contribution in [0.4, 0.5) is 4.79 Å². The van der Waals surface area contributed by atoms with Crippen molar-refractivity contribution in [1.82, 2.24) is 4.90 Å². The monoisotopic (exact) mass is 216 g/mol. The molecule has 0 saturated heterocycles. The van der Waals surface area contributed by atoms with E-state index in [0.717, 1.165) is 6.08 Å². The first-order chi connectivity index (χ1) is 7.61. The molecule has 0 atom stereocenters. The molecule has 0 aromatic heterocycles. The topological polar surface area (TPSA) is 80.5 Å². The van der Waals surface area contributed by atoms with Crippen LogP contribution >= 0.6 is 0 Å².